The van der Waals surface area contributed by atoms with Crippen molar-refractivity contribution >= 4 is 6.09 Å². The second kappa shape index (κ2) is 6.52. The molecule has 126 valence electrons. The predicted octanol–water partition coefficient (Wildman–Crippen LogP) is 3.71. The molecule has 1 aromatic carbocycles. The van der Waals surface area contributed by atoms with Crippen molar-refractivity contribution in [1.82, 2.24) is 10.6 Å². The molecule has 3 rings (SSSR count). The SMILES string of the molecule is CC(C)(C)OC(=O)NC1CC(NCc2ccc(C3CC3)cc2)C1. The van der Waals surface area contributed by atoms with Gasteiger partial charge in [0.1, 0.15) is 5.60 Å². The van der Waals surface area contributed by atoms with E-state index in [0.717, 1.165) is 25.3 Å². The minimum Gasteiger partial charge on any atom is -0.444 e. The Morgan fingerprint density at radius 1 is 1.13 bits per heavy atom. The summed E-state index contributed by atoms with van der Waals surface area (Å²) in [5, 5.41) is 6.49. The van der Waals surface area contributed by atoms with Crippen molar-refractivity contribution in [2.75, 3.05) is 0 Å². The Morgan fingerprint density at radius 2 is 1.78 bits per heavy atom. The molecule has 0 bridgehead atoms. The number of hydrogen-bond acceptors (Lipinski definition) is 3. The Balaban J connectivity index is 1.33. The summed E-state index contributed by atoms with van der Waals surface area (Å²) >= 11 is 0. The zero-order valence-electron chi connectivity index (χ0n) is 14.4. The van der Waals surface area contributed by atoms with Crippen molar-refractivity contribution in [1.29, 1.82) is 0 Å². The van der Waals surface area contributed by atoms with Gasteiger partial charge in [-0.2, -0.15) is 0 Å². The van der Waals surface area contributed by atoms with Crippen molar-refractivity contribution in [3.63, 3.8) is 0 Å². The Morgan fingerprint density at radius 3 is 2.35 bits per heavy atom. The highest BCUT2D eigenvalue weighted by molar-refractivity contribution is 5.68. The molecule has 0 unspecified atom stereocenters. The lowest BCUT2D eigenvalue weighted by Crippen LogP contribution is -2.52. The Bertz CT molecular complexity index is 537. The van der Waals surface area contributed by atoms with Crippen molar-refractivity contribution in [2.24, 2.45) is 0 Å². The molecule has 2 fully saturated rings. The number of rotatable bonds is 5. The maximum atomic E-state index is 11.7. The van der Waals surface area contributed by atoms with Gasteiger partial charge in [0.25, 0.3) is 0 Å². The molecule has 1 aromatic rings. The third-order valence-electron chi connectivity index (χ3n) is 4.48. The van der Waals surface area contributed by atoms with E-state index in [1.54, 1.807) is 0 Å². The minimum absolute atomic E-state index is 0.236. The average molecular weight is 316 g/mol. The summed E-state index contributed by atoms with van der Waals surface area (Å²) in [6, 6.07) is 9.72. The van der Waals surface area contributed by atoms with Gasteiger partial charge in [-0.05, 0) is 63.5 Å². The van der Waals surface area contributed by atoms with Crippen LogP contribution in [0, 0.1) is 0 Å². The molecule has 23 heavy (non-hydrogen) atoms. The molecule has 0 saturated heterocycles. The number of nitrogens with one attached hydrogen (secondary N) is 2. The molecular weight excluding hydrogens is 288 g/mol. The number of ether oxygens (including phenoxy) is 1. The topological polar surface area (TPSA) is 50.4 Å². The van der Waals surface area contributed by atoms with E-state index in [0.29, 0.717) is 6.04 Å². The highest BCUT2D eigenvalue weighted by atomic mass is 16.6. The van der Waals surface area contributed by atoms with Gasteiger partial charge in [0.15, 0.2) is 0 Å². The molecular formula is C19H28N2O2. The lowest BCUT2D eigenvalue weighted by Gasteiger charge is -2.36. The van der Waals surface area contributed by atoms with Gasteiger partial charge < -0.3 is 15.4 Å². The van der Waals surface area contributed by atoms with Gasteiger partial charge in [-0.25, -0.2) is 4.79 Å². The molecule has 0 atom stereocenters. The summed E-state index contributed by atoms with van der Waals surface area (Å²) in [5.74, 6) is 0.823. The van der Waals surface area contributed by atoms with Crippen LogP contribution >= 0.6 is 0 Å². The molecule has 0 aromatic heterocycles. The number of amides is 1. The summed E-state index contributed by atoms with van der Waals surface area (Å²) in [4.78, 5) is 11.7. The second-order valence-electron chi connectivity index (χ2n) is 7.91. The number of hydrogen-bond donors (Lipinski definition) is 2. The van der Waals surface area contributed by atoms with Crippen LogP contribution in [-0.4, -0.2) is 23.8 Å². The van der Waals surface area contributed by atoms with E-state index in [1.165, 1.54) is 24.0 Å². The first kappa shape index (κ1) is 16.3. The first-order chi connectivity index (χ1) is 10.9. The summed E-state index contributed by atoms with van der Waals surface area (Å²) in [6.07, 6.45) is 4.34. The smallest absolute Gasteiger partial charge is 0.407 e. The molecule has 0 aliphatic heterocycles. The van der Waals surface area contributed by atoms with Gasteiger partial charge in [0.05, 0.1) is 0 Å². The van der Waals surface area contributed by atoms with Crippen molar-refractivity contribution < 1.29 is 9.53 Å². The van der Waals surface area contributed by atoms with E-state index >= 15 is 0 Å². The molecule has 2 N–H and O–H groups in total. The summed E-state index contributed by atoms with van der Waals surface area (Å²) in [6.45, 7) is 6.54. The van der Waals surface area contributed by atoms with Crippen LogP contribution in [0.15, 0.2) is 24.3 Å². The van der Waals surface area contributed by atoms with E-state index in [4.69, 9.17) is 4.74 Å². The van der Waals surface area contributed by atoms with Crippen LogP contribution in [0.2, 0.25) is 0 Å². The molecule has 2 saturated carbocycles. The van der Waals surface area contributed by atoms with E-state index < -0.39 is 5.60 Å². The molecule has 2 aliphatic carbocycles. The van der Waals surface area contributed by atoms with E-state index in [-0.39, 0.29) is 12.1 Å². The third kappa shape index (κ3) is 4.96. The van der Waals surface area contributed by atoms with E-state index in [1.807, 2.05) is 20.8 Å². The number of alkyl carbamates (subject to hydrolysis) is 1. The first-order valence-electron chi connectivity index (χ1n) is 8.71. The summed E-state index contributed by atoms with van der Waals surface area (Å²) in [5.41, 5.74) is 2.38. The van der Waals surface area contributed by atoms with Crippen molar-refractivity contribution in [3.8, 4) is 0 Å². The van der Waals surface area contributed by atoms with Crippen molar-refractivity contribution in [3.05, 3.63) is 35.4 Å². The standard InChI is InChI=1S/C19H28N2O2/c1-19(2,3)23-18(22)21-17-10-16(11-17)20-12-13-4-6-14(7-5-13)15-8-9-15/h4-7,15-17,20H,8-12H2,1-3H3,(H,21,22). The lowest BCUT2D eigenvalue weighted by atomic mass is 9.86. The third-order valence-corrected chi connectivity index (χ3v) is 4.48. The van der Waals surface area contributed by atoms with Crippen LogP contribution < -0.4 is 10.6 Å². The number of carbonyl (C=O) groups is 1. The van der Waals surface area contributed by atoms with Gasteiger partial charge in [0.2, 0.25) is 0 Å². The normalized spacial score (nSPS) is 24.0. The highest BCUT2D eigenvalue weighted by Crippen LogP contribution is 2.39. The highest BCUT2D eigenvalue weighted by Gasteiger charge is 2.31. The van der Waals surface area contributed by atoms with Crippen LogP contribution in [0.3, 0.4) is 0 Å². The van der Waals surface area contributed by atoms with Gasteiger partial charge >= 0.3 is 6.09 Å². The van der Waals surface area contributed by atoms with Crippen molar-refractivity contribution in [2.45, 2.75) is 76.6 Å². The maximum absolute atomic E-state index is 11.7. The van der Waals surface area contributed by atoms with E-state index in [2.05, 4.69) is 34.9 Å². The van der Waals surface area contributed by atoms with Gasteiger partial charge in [-0.1, -0.05) is 24.3 Å². The number of carbonyl (C=O) groups excluding carboxylic acids is 1. The zero-order valence-corrected chi connectivity index (χ0v) is 14.4. The fraction of sp³-hybridized carbons (Fsp3) is 0.632. The Hall–Kier alpha value is -1.55. The predicted molar refractivity (Wildman–Crippen MR) is 91.4 cm³/mol. The average Bonchev–Trinajstić information content (AvgIpc) is 3.24. The fourth-order valence-corrected chi connectivity index (χ4v) is 2.96. The molecule has 0 heterocycles. The van der Waals surface area contributed by atoms with Gasteiger partial charge in [-0.15, -0.1) is 0 Å². The quantitative estimate of drug-likeness (QED) is 0.870. The van der Waals surface area contributed by atoms with Crippen LogP contribution in [0.1, 0.15) is 63.5 Å². The zero-order chi connectivity index (χ0) is 16.4. The molecule has 2 aliphatic rings. The second-order valence-corrected chi connectivity index (χ2v) is 7.91. The van der Waals surface area contributed by atoms with E-state index in [9.17, 15) is 4.79 Å². The van der Waals surface area contributed by atoms with Crippen LogP contribution in [0.4, 0.5) is 4.79 Å². The van der Waals surface area contributed by atoms with Crippen LogP contribution in [0.25, 0.3) is 0 Å². The first-order valence-corrected chi connectivity index (χ1v) is 8.71. The molecule has 1 amide bonds. The lowest BCUT2D eigenvalue weighted by molar-refractivity contribution is 0.0465. The summed E-state index contributed by atoms with van der Waals surface area (Å²) < 4.78 is 5.27. The molecule has 4 heteroatoms. The molecule has 0 spiro atoms. The summed E-state index contributed by atoms with van der Waals surface area (Å²) in [7, 11) is 0. The monoisotopic (exact) mass is 316 g/mol. The van der Waals surface area contributed by atoms with Gasteiger partial charge in [0, 0.05) is 18.6 Å². The van der Waals surface area contributed by atoms with Gasteiger partial charge in [-0.3, -0.25) is 0 Å². The Labute approximate surface area is 139 Å². The molecule has 4 nitrogen and oxygen atoms in total. The largest absolute Gasteiger partial charge is 0.444 e. The molecule has 0 radical (unpaired) electrons. The van der Waals surface area contributed by atoms with Crippen LogP contribution in [-0.2, 0) is 11.3 Å². The van der Waals surface area contributed by atoms with Crippen LogP contribution in [0.5, 0.6) is 0 Å². The fourth-order valence-electron chi connectivity index (χ4n) is 2.96. The number of benzene rings is 1. The maximum Gasteiger partial charge on any atom is 0.407 e. The minimum atomic E-state index is -0.432. The Kier molecular flexibility index (Phi) is 4.62.